The van der Waals surface area contributed by atoms with Crippen molar-refractivity contribution in [1.82, 2.24) is 4.90 Å². The van der Waals surface area contributed by atoms with Gasteiger partial charge in [0, 0.05) is 16.6 Å². The van der Waals surface area contributed by atoms with Gasteiger partial charge >= 0.3 is 0 Å². The molecule has 146 valence electrons. The normalized spacial score (nSPS) is 18.4. The molecule has 1 atom stereocenters. The van der Waals surface area contributed by atoms with Crippen LogP contribution < -0.4 is 5.43 Å². The Morgan fingerprint density at radius 3 is 2.75 bits per heavy atom. The van der Waals surface area contributed by atoms with Crippen molar-refractivity contribution < 1.29 is 22.0 Å². The maximum absolute atomic E-state index is 13.2. The van der Waals surface area contributed by atoms with Gasteiger partial charge in [-0.3, -0.25) is 9.59 Å². The quantitative estimate of drug-likeness (QED) is 0.587. The molecule has 1 aromatic carbocycles. The fourth-order valence-corrected chi connectivity index (χ4v) is 5.40. The van der Waals surface area contributed by atoms with Crippen molar-refractivity contribution in [2.45, 2.75) is 19.0 Å². The molecule has 2 aromatic heterocycles. The summed E-state index contributed by atoms with van der Waals surface area (Å²) in [6, 6.07) is 8.98. The second-order valence-corrected chi connectivity index (χ2v) is 9.83. The Morgan fingerprint density at radius 1 is 1.25 bits per heavy atom. The molecule has 0 saturated carbocycles. The first kappa shape index (κ1) is 18.9. The molecular formula is C19H16BrNO6S. The third-order valence-electron chi connectivity index (χ3n) is 4.72. The Labute approximate surface area is 169 Å². The summed E-state index contributed by atoms with van der Waals surface area (Å²) in [6.07, 6.45) is 1.81. The molecule has 1 fully saturated rings. The van der Waals surface area contributed by atoms with E-state index < -0.39 is 21.8 Å². The van der Waals surface area contributed by atoms with Crippen LogP contribution in [0, 0.1) is 0 Å². The van der Waals surface area contributed by atoms with Gasteiger partial charge in [0.1, 0.15) is 11.3 Å². The van der Waals surface area contributed by atoms with Gasteiger partial charge in [0.05, 0.1) is 29.7 Å². The van der Waals surface area contributed by atoms with Crippen LogP contribution in [0.3, 0.4) is 0 Å². The monoisotopic (exact) mass is 465 g/mol. The Kier molecular flexibility index (Phi) is 4.88. The highest BCUT2D eigenvalue weighted by Crippen LogP contribution is 2.24. The molecule has 0 radical (unpaired) electrons. The summed E-state index contributed by atoms with van der Waals surface area (Å²) >= 11 is 3.32. The standard InChI is InChI=1S/C19H16BrNO6S/c20-12-3-4-15-16(22)9-18(27-17(15)8-12)19(23)21(10-14-2-1-6-26-14)13-5-7-28(24,25)11-13/h1-4,6,8-9,13H,5,7,10-11H2/t13-/m0/s1. The second-order valence-electron chi connectivity index (χ2n) is 6.68. The predicted molar refractivity (Wildman–Crippen MR) is 106 cm³/mol. The summed E-state index contributed by atoms with van der Waals surface area (Å²) in [6.45, 7) is 0.0895. The third kappa shape index (κ3) is 3.77. The fraction of sp³-hybridized carbons (Fsp3) is 0.263. The van der Waals surface area contributed by atoms with Crippen LogP contribution in [0.25, 0.3) is 11.0 Å². The van der Waals surface area contributed by atoms with Crippen molar-refractivity contribution in [3.05, 3.63) is 68.9 Å². The van der Waals surface area contributed by atoms with Gasteiger partial charge in [-0.05, 0) is 36.8 Å². The topological polar surface area (TPSA) is 97.8 Å². The van der Waals surface area contributed by atoms with E-state index >= 15 is 0 Å². The van der Waals surface area contributed by atoms with Gasteiger partial charge in [-0.2, -0.15) is 0 Å². The molecule has 1 aliphatic heterocycles. The van der Waals surface area contributed by atoms with Crippen LogP contribution in [-0.4, -0.2) is 36.8 Å². The number of fused-ring (bicyclic) bond motifs is 1. The average molecular weight is 466 g/mol. The van der Waals surface area contributed by atoms with Crippen LogP contribution in [-0.2, 0) is 16.4 Å². The largest absolute Gasteiger partial charge is 0.467 e. The van der Waals surface area contributed by atoms with Crippen LogP contribution in [0.1, 0.15) is 22.7 Å². The highest BCUT2D eigenvalue weighted by atomic mass is 79.9. The predicted octanol–water partition coefficient (Wildman–Crippen LogP) is 2.98. The van der Waals surface area contributed by atoms with Crippen molar-refractivity contribution >= 4 is 42.6 Å². The van der Waals surface area contributed by atoms with Gasteiger partial charge < -0.3 is 13.7 Å². The summed E-state index contributed by atoms with van der Waals surface area (Å²) in [5.41, 5.74) is -0.0590. The minimum absolute atomic E-state index is 0.0220. The molecule has 9 heteroatoms. The zero-order valence-electron chi connectivity index (χ0n) is 14.6. The number of rotatable bonds is 4. The molecule has 3 heterocycles. The van der Waals surface area contributed by atoms with Crippen molar-refractivity contribution in [3.63, 3.8) is 0 Å². The van der Waals surface area contributed by atoms with Gasteiger partial charge in [-0.25, -0.2) is 8.42 Å². The van der Waals surface area contributed by atoms with Crippen molar-refractivity contribution in [3.8, 4) is 0 Å². The van der Waals surface area contributed by atoms with E-state index in [1.165, 1.54) is 11.2 Å². The summed E-state index contributed by atoms with van der Waals surface area (Å²) in [5.74, 6) is -0.260. The molecule has 3 aromatic rings. The minimum Gasteiger partial charge on any atom is -0.467 e. The van der Waals surface area contributed by atoms with Crippen LogP contribution in [0.5, 0.6) is 0 Å². The lowest BCUT2D eigenvalue weighted by Crippen LogP contribution is -2.40. The summed E-state index contributed by atoms with van der Waals surface area (Å²) in [5, 5.41) is 0.362. The molecule has 0 aliphatic carbocycles. The van der Waals surface area contributed by atoms with Crippen molar-refractivity contribution in [2.75, 3.05) is 11.5 Å². The van der Waals surface area contributed by atoms with Gasteiger partial charge in [0.15, 0.2) is 21.0 Å². The van der Waals surface area contributed by atoms with Gasteiger partial charge in [0.25, 0.3) is 5.91 Å². The van der Waals surface area contributed by atoms with E-state index in [4.69, 9.17) is 8.83 Å². The van der Waals surface area contributed by atoms with Crippen molar-refractivity contribution in [2.24, 2.45) is 0 Å². The molecule has 1 amide bonds. The number of carbonyl (C=O) groups is 1. The Bertz CT molecular complexity index is 1200. The minimum atomic E-state index is -3.21. The maximum atomic E-state index is 13.2. The first-order chi connectivity index (χ1) is 13.3. The number of furan rings is 1. The number of nitrogens with zero attached hydrogens (tertiary/aromatic N) is 1. The lowest BCUT2D eigenvalue weighted by atomic mass is 10.1. The van der Waals surface area contributed by atoms with Crippen LogP contribution in [0.15, 0.2) is 60.8 Å². The van der Waals surface area contributed by atoms with Crippen LogP contribution in [0.4, 0.5) is 0 Å². The molecule has 7 nitrogen and oxygen atoms in total. The number of sulfone groups is 1. The number of carbonyl (C=O) groups excluding carboxylic acids is 1. The number of hydrogen-bond donors (Lipinski definition) is 0. The molecule has 4 rings (SSSR count). The van der Waals surface area contributed by atoms with Gasteiger partial charge in [0.2, 0.25) is 0 Å². The summed E-state index contributed by atoms with van der Waals surface area (Å²) < 4.78 is 35.6. The first-order valence-corrected chi connectivity index (χ1v) is 11.2. The number of benzene rings is 1. The van der Waals surface area contributed by atoms with E-state index in [1.54, 1.807) is 30.3 Å². The molecule has 0 bridgehead atoms. The maximum Gasteiger partial charge on any atom is 0.290 e. The van der Waals surface area contributed by atoms with E-state index in [9.17, 15) is 18.0 Å². The van der Waals surface area contributed by atoms with Gasteiger partial charge in [-0.15, -0.1) is 0 Å². The highest BCUT2D eigenvalue weighted by Gasteiger charge is 2.36. The first-order valence-electron chi connectivity index (χ1n) is 8.59. The Morgan fingerprint density at radius 2 is 2.07 bits per heavy atom. The third-order valence-corrected chi connectivity index (χ3v) is 6.96. The van der Waals surface area contributed by atoms with Gasteiger partial charge in [-0.1, -0.05) is 15.9 Å². The highest BCUT2D eigenvalue weighted by molar-refractivity contribution is 9.10. The average Bonchev–Trinajstić information content (AvgIpc) is 3.27. The van der Waals surface area contributed by atoms with E-state index in [-0.39, 0.29) is 34.8 Å². The van der Waals surface area contributed by atoms with Crippen LogP contribution in [0.2, 0.25) is 0 Å². The lowest BCUT2D eigenvalue weighted by molar-refractivity contribution is 0.0634. The SMILES string of the molecule is O=C(c1cc(=O)c2ccc(Br)cc2o1)N(Cc1ccco1)[C@H]1CCS(=O)(=O)C1. The zero-order valence-corrected chi connectivity index (χ0v) is 17.0. The Hall–Kier alpha value is -2.39. The molecule has 0 spiro atoms. The number of amides is 1. The van der Waals surface area contributed by atoms with Crippen molar-refractivity contribution in [1.29, 1.82) is 0 Å². The summed E-state index contributed by atoms with van der Waals surface area (Å²) in [4.78, 5) is 27.0. The van der Waals surface area contributed by atoms with E-state index in [1.807, 2.05) is 0 Å². The van der Waals surface area contributed by atoms with E-state index in [0.29, 0.717) is 22.0 Å². The molecule has 1 saturated heterocycles. The number of halogens is 1. The summed E-state index contributed by atoms with van der Waals surface area (Å²) in [7, 11) is -3.21. The fourth-order valence-electron chi connectivity index (χ4n) is 3.33. The molecular weight excluding hydrogens is 450 g/mol. The lowest BCUT2D eigenvalue weighted by Gasteiger charge is -2.26. The van der Waals surface area contributed by atoms with Crippen LogP contribution >= 0.6 is 15.9 Å². The Balaban J connectivity index is 1.74. The van der Waals surface area contributed by atoms with E-state index in [2.05, 4.69) is 15.9 Å². The van der Waals surface area contributed by atoms with E-state index in [0.717, 1.165) is 6.07 Å². The second kappa shape index (κ2) is 7.21. The number of hydrogen-bond acceptors (Lipinski definition) is 6. The molecule has 1 aliphatic rings. The molecule has 28 heavy (non-hydrogen) atoms. The zero-order chi connectivity index (χ0) is 19.9. The molecule has 0 N–H and O–H groups in total. The smallest absolute Gasteiger partial charge is 0.290 e. The molecule has 0 unspecified atom stereocenters.